The summed E-state index contributed by atoms with van der Waals surface area (Å²) in [5, 5.41) is 9.53. The van der Waals surface area contributed by atoms with Gasteiger partial charge in [-0.15, -0.1) is 34.7 Å². The lowest BCUT2D eigenvalue weighted by Gasteiger charge is -2.51. The highest BCUT2D eigenvalue weighted by Crippen LogP contribution is 2.45. The molecule has 250 valence electrons. The molecule has 1 unspecified atom stereocenters. The Morgan fingerprint density at radius 1 is 1.06 bits per heavy atom. The van der Waals surface area contributed by atoms with Crippen molar-refractivity contribution in [2.45, 2.75) is 36.6 Å². The summed E-state index contributed by atoms with van der Waals surface area (Å²) in [6.07, 6.45) is -0.803. The van der Waals surface area contributed by atoms with Crippen molar-refractivity contribution in [2.75, 3.05) is 24.9 Å². The highest BCUT2D eigenvalue weighted by molar-refractivity contribution is 8.00. The molecule has 0 bridgehead atoms. The zero-order chi connectivity index (χ0) is 34.4. The van der Waals surface area contributed by atoms with E-state index in [-0.39, 0.29) is 34.7 Å². The highest BCUT2D eigenvalue weighted by Gasteiger charge is 2.56. The van der Waals surface area contributed by atoms with Crippen LogP contribution in [0.25, 0.3) is 0 Å². The summed E-state index contributed by atoms with van der Waals surface area (Å²) in [7, 11) is 1.25. The first kappa shape index (κ1) is 34.6. The van der Waals surface area contributed by atoms with Gasteiger partial charge >= 0.3 is 11.9 Å². The summed E-state index contributed by atoms with van der Waals surface area (Å²) >= 11 is 7.90. The van der Waals surface area contributed by atoms with Gasteiger partial charge in [0.05, 0.1) is 0 Å². The maximum atomic E-state index is 14.1. The van der Waals surface area contributed by atoms with Crippen molar-refractivity contribution < 1.29 is 38.3 Å². The molecule has 0 aliphatic carbocycles. The number of nitrogens with zero attached hydrogens (tertiary/aromatic N) is 3. The average molecular weight is 712 g/mol. The van der Waals surface area contributed by atoms with Crippen molar-refractivity contribution in [3.05, 3.63) is 94.1 Å². The van der Waals surface area contributed by atoms with E-state index in [0.29, 0.717) is 16.7 Å². The van der Waals surface area contributed by atoms with Crippen LogP contribution in [0.3, 0.4) is 0 Å². The predicted molar refractivity (Wildman–Crippen MR) is 179 cm³/mol. The molecule has 2 aromatic carbocycles. The number of halogens is 1. The van der Waals surface area contributed by atoms with E-state index in [1.54, 1.807) is 0 Å². The summed E-state index contributed by atoms with van der Waals surface area (Å²) in [6.45, 7) is 2.82. The number of benzene rings is 2. The molecule has 0 spiro atoms. The van der Waals surface area contributed by atoms with Crippen molar-refractivity contribution in [1.82, 2.24) is 15.2 Å². The molecule has 2 aliphatic heterocycles. The number of hydrogen-bond acceptors (Lipinski definition) is 12. The molecule has 3 atom stereocenters. The first-order valence-electron chi connectivity index (χ1n) is 14.5. The number of oxime groups is 1. The Bertz CT molecular complexity index is 1730. The summed E-state index contributed by atoms with van der Waals surface area (Å²) in [6, 6.07) is 17.3. The van der Waals surface area contributed by atoms with Crippen LogP contribution in [0.2, 0.25) is 0 Å². The van der Waals surface area contributed by atoms with E-state index in [2.05, 4.69) is 20.8 Å². The number of ether oxygens (including phenoxy) is 2. The second-order valence-corrected chi connectivity index (χ2v) is 13.0. The van der Waals surface area contributed by atoms with Crippen molar-refractivity contribution >= 4 is 75.2 Å². The Hall–Kier alpha value is -4.73. The van der Waals surface area contributed by atoms with Gasteiger partial charge in [-0.3, -0.25) is 24.1 Å². The first-order chi connectivity index (χ1) is 23.1. The van der Waals surface area contributed by atoms with Crippen molar-refractivity contribution in [3.8, 4) is 0 Å². The molecule has 2 aliphatic rings. The second kappa shape index (κ2) is 15.4. The third-order valence-corrected chi connectivity index (χ3v) is 9.73. The Balaban J connectivity index is 1.42. The largest absolute Gasteiger partial charge is 0.461 e. The van der Waals surface area contributed by atoms with Crippen LogP contribution in [0.1, 0.15) is 36.8 Å². The molecule has 1 fully saturated rings. The fourth-order valence-electron chi connectivity index (χ4n) is 5.05. The lowest BCUT2D eigenvalue weighted by Crippen LogP contribution is -2.71. The minimum Gasteiger partial charge on any atom is -0.461 e. The van der Waals surface area contributed by atoms with Crippen LogP contribution < -0.4 is 10.6 Å². The van der Waals surface area contributed by atoms with Gasteiger partial charge in [0.1, 0.15) is 42.4 Å². The standard InChI is InChI=1S/C32H30ClN5O8S2/c1-17-21(15-45-18(2)39)26(31(43)46-27(19-10-6-4-7-11-19)20-12-8-5-9-13-20)38-29(42)25(30(38)48-17)36-28(41)24(37-44-3)22-16-47-32(34-22)35-23(40)14-33/h4-13,16-17,25,27,30H,14-15H2,1-3H3,(H,36,41)(H,34,35,40)/b37-24-/t17-,25?,30-/m0/s1. The molecular formula is C32H30ClN5O8S2. The Morgan fingerprint density at radius 2 is 1.71 bits per heavy atom. The van der Waals surface area contributed by atoms with Crippen LogP contribution >= 0.6 is 34.7 Å². The SMILES string of the molecule is CO/N=C(\C(=O)NC1C(=O)N2C(C(=O)OC(c3ccccc3)c3ccccc3)=C(COC(C)=O)[C@H](C)S[C@@H]12)c1csc(NC(=O)CCl)n1. The number of alkyl halides is 1. The van der Waals surface area contributed by atoms with Crippen LogP contribution in [0.15, 0.2) is 82.5 Å². The van der Waals surface area contributed by atoms with Gasteiger partial charge in [-0.1, -0.05) is 65.8 Å². The molecule has 13 nitrogen and oxygen atoms in total. The number of amides is 3. The topological polar surface area (TPSA) is 166 Å². The molecule has 0 radical (unpaired) electrons. The van der Waals surface area contributed by atoms with E-state index in [0.717, 1.165) is 11.3 Å². The van der Waals surface area contributed by atoms with Crippen molar-refractivity contribution in [2.24, 2.45) is 5.16 Å². The predicted octanol–water partition coefficient (Wildman–Crippen LogP) is 3.61. The van der Waals surface area contributed by atoms with E-state index in [4.69, 9.17) is 25.9 Å². The number of fused-ring (bicyclic) bond motifs is 1. The zero-order valence-electron chi connectivity index (χ0n) is 25.9. The number of β-lactam (4-membered cyclic amide) rings is 1. The molecule has 16 heteroatoms. The fraction of sp³-hybridized carbons (Fsp3) is 0.281. The number of carbonyl (C=O) groups is 5. The maximum Gasteiger partial charge on any atom is 0.356 e. The quantitative estimate of drug-likeness (QED) is 0.0932. The number of rotatable bonds is 12. The lowest BCUT2D eigenvalue weighted by molar-refractivity contribution is -0.154. The average Bonchev–Trinajstić information content (AvgIpc) is 3.55. The number of thioether (sulfide) groups is 1. The number of aromatic nitrogens is 1. The van der Waals surface area contributed by atoms with Gasteiger partial charge < -0.3 is 24.9 Å². The molecule has 3 heterocycles. The van der Waals surface area contributed by atoms with Gasteiger partial charge in [-0.25, -0.2) is 9.78 Å². The smallest absolute Gasteiger partial charge is 0.356 e. The van der Waals surface area contributed by atoms with Gasteiger partial charge in [0.25, 0.3) is 11.8 Å². The maximum absolute atomic E-state index is 14.1. The molecular weight excluding hydrogens is 682 g/mol. The monoisotopic (exact) mass is 711 g/mol. The molecule has 0 saturated carbocycles. The van der Waals surface area contributed by atoms with Gasteiger partial charge in [-0.05, 0) is 18.1 Å². The summed E-state index contributed by atoms with van der Waals surface area (Å²) in [5.74, 6) is -3.46. The van der Waals surface area contributed by atoms with E-state index >= 15 is 0 Å². The minimum absolute atomic E-state index is 0.0511. The normalized spacial score (nSPS) is 18.9. The van der Waals surface area contributed by atoms with E-state index in [1.165, 1.54) is 36.1 Å². The molecule has 3 aromatic rings. The zero-order valence-corrected chi connectivity index (χ0v) is 28.3. The number of thiazole rings is 1. The summed E-state index contributed by atoms with van der Waals surface area (Å²) in [5.41, 5.74) is 1.63. The fourth-order valence-corrected chi connectivity index (χ4v) is 7.27. The number of anilines is 1. The molecule has 3 amide bonds. The highest BCUT2D eigenvalue weighted by atomic mass is 35.5. The van der Waals surface area contributed by atoms with E-state index in [9.17, 15) is 24.0 Å². The molecule has 1 saturated heterocycles. The van der Waals surface area contributed by atoms with E-state index < -0.39 is 52.4 Å². The molecule has 5 rings (SSSR count). The van der Waals surface area contributed by atoms with E-state index in [1.807, 2.05) is 67.6 Å². The number of hydrogen-bond donors (Lipinski definition) is 2. The van der Waals surface area contributed by atoms with Crippen LogP contribution in [-0.2, 0) is 38.3 Å². The number of nitrogens with one attached hydrogen (secondary N) is 2. The van der Waals surface area contributed by atoms with Crippen molar-refractivity contribution in [1.29, 1.82) is 0 Å². The van der Waals surface area contributed by atoms with Gasteiger partial charge in [0.15, 0.2) is 16.9 Å². The van der Waals surface area contributed by atoms with Gasteiger partial charge in [0.2, 0.25) is 5.91 Å². The third kappa shape index (κ3) is 7.53. The molecule has 1 aromatic heterocycles. The third-order valence-electron chi connectivity index (χ3n) is 7.28. The Kier molecular flexibility index (Phi) is 11.1. The first-order valence-corrected chi connectivity index (χ1v) is 16.9. The van der Waals surface area contributed by atoms with Crippen LogP contribution in [0, 0.1) is 0 Å². The van der Waals surface area contributed by atoms with Crippen LogP contribution in [0.5, 0.6) is 0 Å². The van der Waals surface area contributed by atoms with Crippen LogP contribution in [0.4, 0.5) is 5.13 Å². The summed E-state index contributed by atoms with van der Waals surface area (Å²) < 4.78 is 11.4. The number of carbonyl (C=O) groups excluding carboxylic acids is 5. The second-order valence-electron chi connectivity index (χ2n) is 10.4. The summed E-state index contributed by atoms with van der Waals surface area (Å²) in [4.78, 5) is 75.1. The molecule has 2 N–H and O–H groups in total. The van der Waals surface area contributed by atoms with Gasteiger partial charge in [-0.2, -0.15) is 0 Å². The van der Waals surface area contributed by atoms with Crippen molar-refractivity contribution in [3.63, 3.8) is 0 Å². The Morgan fingerprint density at radius 3 is 2.29 bits per heavy atom. The van der Waals surface area contributed by atoms with Crippen LogP contribution in [-0.4, -0.2) is 81.5 Å². The molecule has 48 heavy (non-hydrogen) atoms. The lowest BCUT2D eigenvalue weighted by atomic mass is 9.99. The Labute approximate surface area is 288 Å². The van der Waals surface area contributed by atoms with Gasteiger partial charge in [0, 0.05) is 23.1 Å². The minimum atomic E-state index is -1.06. The number of esters is 2.